The highest BCUT2D eigenvalue weighted by molar-refractivity contribution is 9.10. The lowest BCUT2D eigenvalue weighted by Gasteiger charge is -2.12. The van der Waals surface area contributed by atoms with E-state index in [1.807, 2.05) is 6.07 Å². The van der Waals surface area contributed by atoms with E-state index >= 15 is 0 Å². The molecule has 18 heavy (non-hydrogen) atoms. The van der Waals surface area contributed by atoms with Crippen LogP contribution < -0.4 is 11.1 Å². The second kappa shape index (κ2) is 8.21. The molecule has 0 fully saturated rings. The zero-order valence-electron chi connectivity index (χ0n) is 10.7. The van der Waals surface area contributed by atoms with Gasteiger partial charge in [0.25, 0.3) is 0 Å². The number of pyridine rings is 1. The number of hydrogen-bond donors (Lipinski definition) is 2. The molecule has 0 saturated heterocycles. The van der Waals surface area contributed by atoms with E-state index in [1.54, 1.807) is 12.3 Å². The first-order valence-corrected chi connectivity index (χ1v) is 7.06. The van der Waals surface area contributed by atoms with E-state index in [0.717, 1.165) is 23.7 Å². The summed E-state index contributed by atoms with van der Waals surface area (Å²) in [6, 6.07) is 3.63. The molecule has 1 atom stereocenters. The van der Waals surface area contributed by atoms with Crippen LogP contribution in [0.2, 0.25) is 0 Å². The Morgan fingerprint density at radius 2 is 2.28 bits per heavy atom. The van der Waals surface area contributed by atoms with Crippen LogP contribution in [0.4, 0.5) is 5.82 Å². The monoisotopic (exact) mass is 313 g/mol. The van der Waals surface area contributed by atoms with Crippen LogP contribution in [0.1, 0.15) is 32.6 Å². The van der Waals surface area contributed by atoms with Crippen LogP contribution in [0, 0.1) is 5.92 Å². The molecule has 100 valence electrons. The van der Waals surface area contributed by atoms with Gasteiger partial charge in [0.05, 0.1) is 0 Å². The van der Waals surface area contributed by atoms with Crippen LogP contribution in [-0.4, -0.2) is 17.4 Å². The molecule has 4 nitrogen and oxygen atoms in total. The van der Waals surface area contributed by atoms with E-state index in [-0.39, 0.29) is 5.91 Å². The van der Waals surface area contributed by atoms with Crippen LogP contribution in [0.5, 0.6) is 0 Å². The number of carbonyl (C=O) groups is 1. The quantitative estimate of drug-likeness (QED) is 0.813. The molecule has 0 bridgehead atoms. The van der Waals surface area contributed by atoms with Crippen molar-refractivity contribution in [3.8, 4) is 0 Å². The summed E-state index contributed by atoms with van der Waals surface area (Å²) in [6.45, 7) is 2.82. The second-order valence-corrected chi connectivity index (χ2v) is 5.22. The Labute approximate surface area is 116 Å². The van der Waals surface area contributed by atoms with E-state index in [0.29, 0.717) is 24.7 Å². The van der Waals surface area contributed by atoms with Gasteiger partial charge in [0, 0.05) is 17.1 Å². The number of nitrogens with two attached hydrogens (primary N) is 1. The highest BCUT2D eigenvalue weighted by Crippen LogP contribution is 2.15. The molecule has 5 heteroatoms. The molecule has 1 amide bonds. The predicted octanol–water partition coefficient (Wildman–Crippen LogP) is 2.94. The number of nitrogens with zero attached hydrogens (tertiary/aromatic N) is 1. The summed E-state index contributed by atoms with van der Waals surface area (Å²) in [5.74, 6) is 1.15. The maximum absolute atomic E-state index is 11.7. The van der Waals surface area contributed by atoms with Crippen molar-refractivity contribution in [2.24, 2.45) is 11.7 Å². The number of hydrogen-bond acceptors (Lipinski definition) is 3. The second-order valence-electron chi connectivity index (χ2n) is 4.30. The van der Waals surface area contributed by atoms with Crippen molar-refractivity contribution in [1.82, 2.24) is 4.98 Å². The van der Waals surface area contributed by atoms with Gasteiger partial charge in [-0.05, 0) is 53.4 Å². The minimum Gasteiger partial charge on any atom is -0.330 e. The minimum absolute atomic E-state index is 0.0142. The number of anilines is 1. The molecule has 0 aliphatic rings. The number of aromatic nitrogens is 1. The fraction of sp³-hybridized carbons (Fsp3) is 0.538. The Hall–Kier alpha value is -0.940. The molecule has 1 unspecified atom stereocenters. The Kier molecular flexibility index (Phi) is 6.90. The van der Waals surface area contributed by atoms with Crippen molar-refractivity contribution >= 4 is 27.7 Å². The van der Waals surface area contributed by atoms with E-state index in [1.165, 1.54) is 0 Å². The van der Waals surface area contributed by atoms with Crippen molar-refractivity contribution in [3.63, 3.8) is 0 Å². The lowest BCUT2D eigenvalue weighted by atomic mass is 9.96. The molecule has 1 heterocycles. The van der Waals surface area contributed by atoms with E-state index in [4.69, 9.17) is 5.73 Å². The first-order valence-electron chi connectivity index (χ1n) is 6.27. The standard InChI is InChI=1S/C13H20BrN3O/c1-2-10(7-8-15)3-6-13(18)17-12-5-4-11(14)9-16-12/h4-5,9-10H,2-3,6-8,15H2,1H3,(H,16,17,18). The Bertz CT molecular complexity index is 367. The number of nitrogens with one attached hydrogen (secondary N) is 1. The topological polar surface area (TPSA) is 68.0 Å². The third-order valence-corrected chi connectivity index (χ3v) is 3.40. The van der Waals surface area contributed by atoms with Crippen LogP contribution in [0.25, 0.3) is 0 Å². The zero-order chi connectivity index (χ0) is 13.4. The summed E-state index contributed by atoms with van der Waals surface area (Å²) in [5, 5.41) is 2.79. The fourth-order valence-electron chi connectivity index (χ4n) is 1.78. The number of carbonyl (C=O) groups excluding carboxylic acids is 1. The zero-order valence-corrected chi connectivity index (χ0v) is 12.2. The van der Waals surface area contributed by atoms with E-state index < -0.39 is 0 Å². The van der Waals surface area contributed by atoms with Crippen molar-refractivity contribution in [1.29, 1.82) is 0 Å². The molecule has 1 rings (SSSR count). The average molecular weight is 314 g/mol. The van der Waals surface area contributed by atoms with Gasteiger partial charge in [-0.2, -0.15) is 0 Å². The maximum atomic E-state index is 11.7. The lowest BCUT2D eigenvalue weighted by Crippen LogP contribution is -2.15. The number of halogens is 1. The maximum Gasteiger partial charge on any atom is 0.225 e. The summed E-state index contributed by atoms with van der Waals surface area (Å²) < 4.78 is 0.898. The molecule has 0 aliphatic carbocycles. The molecule has 0 radical (unpaired) electrons. The van der Waals surface area contributed by atoms with Gasteiger partial charge in [-0.1, -0.05) is 13.3 Å². The number of amides is 1. The Morgan fingerprint density at radius 3 is 2.83 bits per heavy atom. The van der Waals surface area contributed by atoms with Crippen LogP contribution in [0.3, 0.4) is 0 Å². The molecule has 1 aromatic heterocycles. The summed E-state index contributed by atoms with van der Waals surface area (Å²) in [6.07, 6.45) is 5.13. The van der Waals surface area contributed by atoms with Gasteiger partial charge in [0.2, 0.25) is 5.91 Å². The fourth-order valence-corrected chi connectivity index (χ4v) is 2.01. The highest BCUT2D eigenvalue weighted by atomic mass is 79.9. The van der Waals surface area contributed by atoms with Gasteiger partial charge in [0.15, 0.2) is 0 Å². The van der Waals surface area contributed by atoms with Crippen molar-refractivity contribution in [3.05, 3.63) is 22.8 Å². The largest absolute Gasteiger partial charge is 0.330 e. The highest BCUT2D eigenvalue weighted by Gasteiger charge is 2.09. The first kappa shape index (κ1) is 15.1. The third kappa shape index (κ3) is 5.60. The van der Waals surface area contributed by atoms with Crippen LogP contribution in [0.15, 0.2) is 22.8 Å². The first-order chi connectivity index (χ1) is 8.65. The third-order valence-electron chi connectivity index (χ3n) is 2.93. The minimum atomic E-state index is 0.0142. The van der Waals surface area contributed by atoms with Gasteiger partial charge < -0.3 is 11.1 Å². The normalized spacial score (nSPS) is 12.2. The van der Waals surface area contributed by atoms with Crippen molar-refractivity contribution < 1.29 is 4.79 Å². The summed E-state index contributed by atoms with van der Waals surface area (Å²) >= 11 is 3.30. The Balaban J connectivity index is 2.35. The SMILES string of the molecule is CCC(CCN)CCC(=O)Nc1ccc(Br)cn1. The molecule has 1 aromatic rings. The molecule has 0 spiro atoms. The van der Waals surface area contributed by atoms with Crippen LogP contribution in [-0.2, 0) is 4.79 Å². The molecule has 3 N–H and O–H groups in total. The van der Waals surface area contributed by atoms with Gasteiger partial charge in [0.1, 0.15) is 5.82 Å². The Morgan fingerprint density at radius 1 is 1.50 bits per heavy atom. The molecule has 0 aliphatic heterocycles. The summed E-state index contributed by atoms with van der Waals surface area (Å²) in [4.78, 5) is 15.8. The molecular formula is C13H20BrN3O. The number of rotatable bonds is 7. The molecular weight excluding hydrogens is 294 g/mol. The van der Waals surface area contributed by atoms with Gasteiger partial charge in [-0.25, -0.2) is 4.98 Å². The van der Waals surface area contributed by atoms with Crippen molar-refractivity contribution in [2.45, 2.75) is 32.6 Å². The predicted molar refractivity (Wildman–Crippen MR) is 77.3 cm³/mol. The smallest absolute Gasteiger partial charge is 0.225 e. The van der Waals surface area contributed by atoms with E-state index in [9.17, 15) is 4.79 Å². The lowest BCUT2D eigenvalue weighted by molar-refractivity contribution is -0.116. The molecule has 0 saturated carbocycles. The van der Waals surface area contributed by atoms with Gasteiger partial charge >= 0.3 is 0 Å². The van der Waals surface area contributed by atoms with Gasteiger partial charge in [-0.15, -0.1) is 0 Å². The molecule has 0 aromatic carbocycles. The summed E-state index contributed by atoms with van der Waals surface area (Å²) in [7, 11) is 0. The van der Waals surface area contributed by atoms with Crippen LogP contribution >= 0.6 is 15.9 Å². The van der Waals surface area contributed by atoms with E-state index in [2.05, 4.69) is 33.2 Å². The summed E-state index contributed by atoms with van der Waals surface area (Å²) in [5.41, 5.74) is 5.53. The van der Waals surface area contributed by atoms with Gasteiger partial charge in [-0.3, -0.25) is 4.79 Å². The van der Waals surface area contributed by atoms with Crippen molar-refractivity contribution in [2.75, 3.05) is 11.9 Å². The average Bonchev–Trinajstić information content (AvgIpc) is 2.37.